The molecule has 1 aromatic carbocycles. The number of nitrogens with zero attached hydrogens (tertiary/aromatic N) is 2. The summed E-state index contributed by atoms with van der Waals surface area (Å²) in [6, 6.07) is 8.19. The van der Waals surface area contributed by atoms with E-state index in [-0.39, 0.29) is 5.91 Å². The second kappa shape index (κ2) is 9.18. The number of likely N-dealkylation sites (N-methyl/N-ethyl adjacent to an activating group) is 1. The van der Waals surface area contributed by atoms with E-state index in [0.29, 0.717) is 5.75 Å². The highest BCUT2D eigenvalue weighted by Gasteiger charge is 2.12. The Morgan fingerprint density at radius 3 is 2.68 bits per heavy atom. The maximum atomic E-state index is 11.9. The molecule has 0 atom stereocenters. The molecule has 2 rings (SSSR count). The molecule has 0 radical (unpaired) electrons. The summed E-state index contributed by atoms with van der Waals surface area (Å²) in [5, 5.41) is 3.02. The van der Waals surface area contributed by atoms with E-state index in [1.165, 1.54) is 10.5 Å². The SMILES string of the molecule is Cc1ccccc1SCC(=O)NCCCN1CCN(C)CC1. The molecule has 1 aromatic rings. The van der Waals surface area contributed by atoms with Crippen molar-refractivity contribution in [3.05, 3.63) is 29.8 Å². The lowest BCUT2D eigenvalue weighted by Crippen LogP contribution is -2.45. The van der Waals surface area contributed by atoms with Crippen molar-refractivity contribution in [2.24, 2.45) is 0 Å². The number of benzene rings is 1. The maximum Gasteiger partial charge on any atom is 0.230 e. The normalized spacial score (nSPS) is 16.6. The molecule has 1 N–H and O–H groups in total. The molecule has 5 heteroatoms. The van der Waals surface area contributed by atoms with Crippen LogP contribution in [0.15, 0.2) is 29.2 Å². The first-order valence-corrected chi connectivity index (χ1v) is 9.00. The van der Waals surface area contributed by atoms with E-state index in [0.717, 1.165) is 45.7 Å². The number of nitrogens with one attached hydrogen (secondary N) is 1. The molecule has 0 aliphatic carbocycles. The van der Waals surface area contributed by atoms with Crippen molar-refractivity contribution >= 4 is 17.7 Å². The third-order valence-corrected chi connectivity index (χ3v) is 5.20. The zero-order valence-corrected chi connectivity index (χ0v) is 14.5. The van der Waals surface area contributed by atoms with Crippen molar-refractivity contribution < 1.29 is 4.79 Å². The van der Waals surface area contributed by atoms with Crippen LogP contribution in [0.1, 0.15) is 12.0 Å². The second-order valence-corrected chi connectivity index (χ2v) is 6.92. The third-order valence-electron chi connectivity index (χ3n) is 4.02. The highest BCUT2D eigenvalue weighted by Crippen LogP contribution is 2.21. The molecule has 0 aromatic heterocycles. The second-order valence-electron chi connectivity index (χ2n) is 5.90. The summed E-state index contributed by atoms with van der Waals surface area (Å²) in [5.74, 6) is 0.631. The predicted octanol–water partition coefficient (Wildman–Crippen LogP) is 1.84. The first kappa shape index (κ1) is 17.3. The average molecular weight is 321 g/mol. The van der Waals surface area contributed by atoms with Crippen LogP contribution in [0.3, 0.4) is 0 Å². The Hall–Kier alpha value is -1.04. The van der Waals surface area contributed by atoms with E-state index in [2.05, 4.69) is 41.2 Å². The van der Waals surface area contributed by atoms with Gasteiger partial charge in [0.05, 0.1) is 5.75 Å². The van der Waals surface area contributed by atoms with Gasteiger partial charge in [-0.2, -0.15) is 0 Å². The van der Waals surface area contributed by atoms with Gasteiger partial charge in [-0.15, -0.1) is 11.8 Å². The summed E-state index contributed by atoms with van der Waals surface area (Å²) in [6.07, 6.45) is 1.03. The number of piperazine rings is 1. The number of aryl methyl sites for hydroxylation is 1. The summed E-state index contributed by atoms with van der Waals surface area (Å²) >= 11 is 1.61. The highest BCUT2D eigenvalue weighted by molar-refractivity contribution is 8.00. The van der Waals surface area contributed by atoms with E-state index < -0.39 is 0 Å². The van der Waals surface area contributed by atoms with Crippen molar-refractivity contribution in [1.29, 1.82) is 0 Å². The highest BCUT2D eigenvalue weighted by atomic mass is 32.2. The van der Waals surface area contributed by atoms with Gasteiger partial charge in [-0.25, -0.2) is 0 Å². The van der Waals surface area contributed by atoms with Crippen molar-refractivity contribution in [1.82, 2.24) is 15.1 Å². The molecule has 4 nitrogen and oxygen atoms in total. The molecule has 1 saturated heterocycles. The van der Waals surface area contributed by atoms with Gasteiger partial charge in [0, 0.05) is 37.6 Å². The van der Waals surface area contributed by atoms with Gasteiger partial charge in [0.25, 0.3) is 0 Å². The number of carbonyl (C=O) groups excluding carboxylic acids is 1. The first-order chi connectivity index (χ1) is 10.6. The van der Waals surface area contributed by atoms with Gasteiger partial charge in [-0.05, 0) is 38.6 Å². The standard InChI is InChI=1S/C17H27N3OS/c1-15-6-3-4-7-16(15)22-14-17(21)18-8-5-9-20-12-10-19(2)11-13-20/h3-4,6-7H,5,8-14H2,1-2H3,(H,18,21). The van der Waals surface area contributed by atoms with Gasteiger partial charge < -0.3 is 15.1 Å². The van der Waals surface area contributed by atoms with E-state index in [1.54, 1.807) is 11.8 Å². The minimum Gasteiger partial charge on any atom is -0.355 e. The van der Waals surface area contributed by atoms with Crippen LogP contribution in [0.25, 0.3) is 0 Å². The van der Waals surface area contributed by atoms with Gasteiger partial charge in [-0.3, -0.25) is 4.79 Å². The number of carbonyl (C=O) groups is 1. The van der Waals surface area contributed by atoms with Crippen LogP contribution < -0.4 is 5.32 Å². The molecule has 1 amide bonds. The molecule has 22 heavy (non-hydrogen) atoms. The Bertz CT molecular complexity index is 473. The Kier molecular flexibility index (Phi) is 7.22. The molecule has 0 spiro atoms. The quantitative estimate of drug-likeness (QED) is 0.614. The lowest BCUT2D eigenvalue weighted by Gasteiger charge is -2.32. The summed E-state index contributed by atoms with van der Waals surface area (Å²) < 4.78 is 0. The van der Waals surface area contributed by atoms with Crippen LogP contribution in [0, 0.1) is 6.92 Å². The number of hydrogen-bond donors (Lipinski definition) is 1. The first-order valence-electron chi connectivity index (χ1n) is 8.01. The molecule has 0 unspecified atom stereocenters. The number of hydrogen-bond acceptors (Lipinski definition) is 4. The lowest BCUT2D eigenvalue weighted by molar-refractivity contribution is -0.118. The summed E-state index contributed by atoms with van der Waals surface area (Å²) in [5.41, 5.74) is 1.23. The fourth-order valence-electron chi connectivity index (χ4n) is 2.51. The molecule has 1 fully saturated rings. The average Bonchev–Trinajstić information content (AvgIpc) is 2.52. The largest absolute Gasteiger partial charge is 0.355 e. The van der Waals surface area contributed by atoms with Crippen molar-refractivity contribution in [2.75, 3.05) is 52.1 Å². The molecular formula is C17H27N3OS. The van der Waals surface area contributed by atoms with Gasteiger partial charge in [0.1, 0.15) is 0 Å². The predicted molar refractivity (Wildman–Crippen MR) is 93.5 cm³/mol. The summed E-state index contributed by atoms with van der Waals surface area (Å²) in [7, 11) is 2.17. The van der Waals surface area contributed by atoms with Crippen LogP contribution in [0.5, 0.6) is 0 Å². The van der Waals surface area contributed by atoms with E-state index in [4.69, 9.17) is 0 Å². The topological polar surface area (TPSA) is 35.6 Å². The molecule has 0 bridgehead atoms. The van der Waals surface area contributed by atoms with Gasteiger partial charge in [-0.1, -0.05) is 18.2 Å². The van der Waals surface area contributed by atoms with Crippen molar-refractivity contribution in [3.63, 3.8) is 0 Å². The minimum atomic E-state index is 0.131. The van der Waals surface area contributed by atoms with Crippen LogP contribution in [0.4, 0.5) is 0 Å². The Morgan fingerprint density at radius 2 is 1.95 bits per heavy atom. The summed E-state index contributed by atoms with van der Waals surface area (Å²) in [6.45, 7) is 8.54. The van der Waals surface area contributed by atoms with E-state index >= 15 is 0 Å². The number of rotatable bonds is 7. The molecular weight excluding hydrogens is 294 g/mol. The molecule has 122 valence electrons. The fraction of sp³-hybridized carbons (Fsp3) is 0.588. The lowest BCUT2D eigenvalue weighted by atomic mass is 10.2. The van der Waals surface area contributed by atoms with Crippen molar-refractivity contribution in [3.8, 4) is 0 Å². The van der Waals surface area contributed by atoms with Crippen LogP contribution in [-0.2, 0) is 4.79 Å². The Balaban J connectivity index is 1.55. The smallest absolute Gasteiger partial charge is 0.230 e. The molecule has 1 aliphatic rings. The van der Waals surface area contributed by atoms with Crippen LogP contribution in [-0.4, -0.2) is 67.8 Å². The molecule has 1 heterocycles. The number of amides is 1. The van der Waals surface area contributed by atoms with Crippen molar-refractivity contribution in [2.45, 2.75) is 18.2 Å². The van der Waals surface area contributed by atoms with Gasteiger partial charge in [0.15, 0.2) is 0 Å². The number of thioether (sulfide) groups is 1. The summed E-state index contributed by atoms with van der Waals surface area (Å²) in [4.78, 5) is 17.9. The third kappa shape index (κ3) is 5.99. The molecule has 0 saturated carbocycles. The van der Waals surface area contributed by atoms with Crippen LogP contribution >= 0.6 is 11.8 Å². The minimum absolute atomic E-state index is 0.131. The maximum absolute atomic E-state index is 11.9. The monoisotopic (exact) mass is 321 g/mol. The zero-order valence-electron chi connectivity index (χ0n) is 13.7. The van der Waals surface area contributed by atoms with Gasteiger partial charge >= 0.3 is 0 Å². The molecule has 1 aliphatic heterocycles. The zero-order chi connectivity index (χ0) is 15.8. The Morgan fingerprint density at radius 1 is 1.23 bits per heavy atom. The van der Waals surface area contributed by atoms with E-state index in [1.807, 2.05) is 12.1 Å². The van der Waals surface area contributed by atoms with E-state index in [9.17, 15) is 4.79 Å². The fourth-order valence-corrected chi connectivity index (χ4v) is 3.37. The van der Waals surface area contributed by atoms with Crippen LogP contribution in [0.2, 0.25) is 0 Å². The van der Waals surface area contributed by atoms with Gasteiger partial charge in [0.2, 0.25) is 5.91 Å². The Labute approximate surface area is 138 Å².